The highest BCUT2D eigenvalue weighted by molar-refractivity contribution is 6.33. The van der Waals surface area contributed by atoms with E-state index in [0.29, 0.717) is 10.6 Å². The minimum absolute atomic E-state index is 0.103. The SMILES string of the molecule is CC1(C)O[C@@H]2[C@@H](CNC(=O)c3ccccc3Cl)OC[C@]2(CNC(=O)c2cccc(F)c2)O1. The van der Waals surface area contributed by atoms with Crippen LogP contribution in [0, 0.1) is 5.82 Å². The first kappa shape index (κ1) is 22.7. The van der Waals surface area contributed by atoms with Crippen LogP contribution < -0.4 is 10.6 Å². The van der Waals surface area contributed by atoms with Gasteiger partial charge in [-0.1, -0.05) is 29.8 Å². The molecule has 0 saturated carbocycles. The van der Waals surface area contributed by atoms with E-state index in [4.69, 9.17) is 25.8 Å². The van der Waals surface area contributed by atoms with Crippen LogP contribution in [0.1, 0.15) is 34.6 Å². The summed E-state index contributed by atoms with van der Waals surface area (Å²) in [6.07, 6.45) is -1.02. The van der Waals surface area contributed by atoms with E-state index in [1.165, 1.54) is 24.3 Å². The molecule has 2 amide bonds. The Kier molecular flexibility index (Phi) is 6.22. The topological polar surface area (TPSA) is 85.9 Å². The second kappa shape index (κ2) is 8.78. The number of benzene rings is 2. The fourth-order valence-corrected chi connectivity index (χ4v) is 4.32. The summed E-state index contributed by atoms with van der Waals surface area (Å²) in [6, 6.07) is 12.2. The predicted molar refractivity (Wildman–Crippen MR) is 115 cm³/mol. The highest BCUT2D eigenvalue weighted by Gasteiger charge is 2.61. The average Bonchev–Trinajstić information content (AvgIpc) is 3.20. The van der Waals surface area contributed by atoms with Crippen LogP contribution in [0.15, 0.2) is 48.5 Å². The second-order valence-corrected chi connectivity index (χ2v) is 8.74. The van der Waals surface area contributed by atoms with Crippen LogP contribution in [0.3, 0.4) is 0 Å². The Morgan fingerprint density at radius 1 is 1.12 bits per heavy atom. The molecule has 2 fully saturated rings. The first-order chi connectivity index (χ1) is 15.2. The van der Waals surface area contributed by atoms with E-state index >= 15 is 0 Å². The number of ether oxygens (including phenoxy) is 3. The lowest BCUT2D eigenvalue weighted by Gasteiger charge is -2.27. The molecular weight excluding hydrogens is 439 g/mol. The largest absolute Gasteiger partial charge is 0.370 e. The van der Waals surface area contributed by atoms with Gasteiger partial charge in [-0.25, -0.2) is 4.39 Å². The molecule has 7 nitrogen and oxygen atoms in total. The molecule has 0 aromatic heterocycles. The summed E-state index contributed by atoms with van der Waals surface area (Å²) < 4.78 is 31.5. The first-order valence-corrected chi connectivity index (χ1v) is 10.6. The van der Waals surface area contributed by atoms with E-state index in [9.17, 15) is 14.0 Å². The molecule has 0 spiro atoms. The predicted octanol–water partition coefficient (Wildman–Crippen LogP) is 2.93. The molecule has 2 heterocycles. The van der Waals surface area contributed by atoms with Crippen molar-refractivity contribution < 1.29 is 28.2 Å². The molecule has 2 N–H and O–H groups in total. The quantitative estimate of drug-likeness (QED) is 0.689. The molecule has 9 heteroatoms. The van der Waals surface area contributed by atoms with Gasteiger partial charge in [0.15, 0.2) is 5.79 Å². The van der Waals surface area contributed by atoms with Crippen molar-refractivity contribution in [3.05, 3.63) is 70.5 Å². The van der Waals surface area contributed by atoms with E-state index in [1.807, 2.05) is 0 Å². The number of amides is 2. The maximum absolute atomic E-state index is 13.4. The van der Waals surface area contributed by atoms with Crippen molar-refractivity contribution in [2.45, 2.75) is 37.4 Å². The molecular formula is C23H24ClFN2O5. The summed E-state index contributed by atoms with van der Waals surface area (Å²) in [5, 5.41) is 5.97. The second-order valence-electron chi connectivity index (χ2n) is 8.34. The molecule has 0 bridgehead atoms. The summed E-state index contributed by atoms with van der Waals surface area (Å²) in [4.78, 5) is 25.0. The Hall–Kier alpha value is -2.52. The summed E-state index contributed by atoms with van der Waals surface area (Å²) in [5.74, 6) is -2.15. The lowest BCUT2D eigenvalue weighted by atomic mass is 9.96. The smallest absolute Gasteiger partial charge is 0.252 e. The van der Waals surface area contributed by atoms with Crippen molar-refractivity contribution in [3.8, 4) is 0 Å². The van der Waals surface area contributed by atoms with Crippen molar-refractivity contribution >= 4 is 23.4 Å². The van der Waals surface area contributed by atoms with Crippen LogP contribution in [0.5, 0.6) is 0 Å². The molecule has 0 unspecified atom stereocenters. The number of carbonyl (C=O) groups is 2. The van der Waals surface area contributed by atoms with E-state index in [-0.39, 0.29) is 31.2 Å². The summed E-state index contributed by atoms with van der Waals surface area (Å²) in [6.45, 7) is 4.00. The van der Waals surface area contributed by atoms with Crippen molar-refractivity contribution in [2.24, 2.45) is 0 Å². The Balaban J connectivity index is 1.42. The van der Waals surface area contributed by atoms with Gasteiger partial charge in [-0.2, -0.15) is 0 Å². The van der Waals surface area contributed by atoms with Crippen molar-refractivity contribution in [3.63, 3.8) is 0 Å². The van der Waals surface area contributed by atoms with Crippen LogP contribution in [-0.2, 0) is 14.2 Å². The molecule has 2 aromatic rings. The van der Waals surface area contributed by atoms with Crippen molar-refractivity contribution in [1.82, 2.24) is 10.6 Å². The van der Waals surface area contributed by atoms with Gasteiger partial charge in [0.25, 0.3) is 11.8 Å². The molecule has 0 radical (unpaired) electrons. The third-order valence-corrected chi connectivity index (χ3v) is 5.80. The Bertz CT molecular complexity index is 1030. The van der Waals surface area contributed by atoms with Gasteiger partial charge in [0, 0.05) is 12.1 Å². The van der Waals surface area contributed by atoms with Crippen LogP contribution in [0.2, 0.25) is 5.02 Å². The number of fused-ring (bicyclic) bond motifs is 1. The molecule has 4 rings (SSSR count). The van der Waals surface area contributed by atoms with Crippen LogP contribution in [-0.4, -0.2) is 55.1 Å². The number of halogens is 2. The Labute approximate surface area is 190 Å². The number of hydrogen-bond acceptors (Lipinski definition) is 5. The number of rotatable bonds is 6. The molecule has 2 saturated heterocycles. The minimum atomic E-state index is -0.938. The van der Waals surface area contributed by atoms with E-state index in [2.05, 4.69) is 10.6 Å². The highest BCUT2D eigenvalue weighted by Crippen LogP contribution is 2.43. The van der Waals surface area contributed by atoms with Gasteiger partial charge in [-0.05, 0) is 44.2 Å². The van der Waals surface area contributed by atoms with Gasteiger partial charge in [0.1, 0.15) is 23.6 Å². The number of nitrogens with one attached hydrogen (secondary N) is 2. The maximum atomic E-state index is 13.4. The van der Waals surface area contributed by atoms with E-state index in [0.717, 1.165) is 0 Å². The third-order valence-electron chi connectivity index (χ3n) is 5.48. The molecule has 2 aliphatic rings. The van der Waals surface area contributed by atoms with Gasteiger partial charge in [0.05, 0.1) is 23.7 Å². The van der Waals surface area contributed by atoms with E-state index in [1.54, 1.807) is 38.1 Å². The van der Waals surface area contributed by atoms with Gasteiger partial charge in [-0.15, -0.1) is 0 Å². The molecule has 2 aliphatic heterocycles. The van der Waals surface area contributed by atoms with Crippen LogP contribution in [0.4, 0.5) is 4.39 Å². The standard InChI is InChI=1S/C23H24ClFN2O5/c1-22(2)31-19-18(11-26-21(29)16-8-3-4-9-17(16)24)30-13-23(19,32-22)12-27-20(28)14-6-5-7-15(25)10-14/h3-10,18-19H,11-13H2,1-2H3,(H,26,29)(H,27,28)/t18-,19-,23+/m1/s1. The normalized spacial score (nSPS) is 25.9. The molecule has 3 atom stereocenters. The molecule has 170 valence electrons. The maximum Gasteiger partial charge on any atom is 0.252 e. The number of carbonyl (C=O) groups excluding carboxylic acids is 2. The van der Waals surface area contributed by atoms with Gasteiger partial charge >= 0.3 is 0 Å². The highest BCUT2D eigenvalue weighted by atomic mass is 35.5. The zero-order valence-corrected chi connectivity index (χ0v) is 18.4. The zero-order chi connectivity index (χ0) is 22.9. The zero-order valence-electron chi connectivity index (χ0n) is 17.7. The molecule has 2 aromatic carbocycles. The average molecular weight is 463 g/mol. The first-order valence-electron chi connectivity index (χ1n) is 10.3. The summed E-state index contributed by atoms with van der Waals surface area (Å²) in [7, 11) is 0. The Morgan fingerprint density at radius 2 is 1.91 bits per heavy atom. The monoisotopic (exact) mass is 462 g/mol. The van der Waals surface area contributed by atoms with Crippen molar-refractivity contribution in [2.75, 3.05) is 19.7 Å². The molecule has 0 aliphatic carbocycles. The minimum Gasteiger partial charge on any atom is -0.370 e. The van der Waals surface area contributed by atoms with Gasteiger partial charge in [-0.3, -0.25) is 9.59 Å². The van der Waals surface area contributed by atoms with E-state index < -0.39 is 35.3 Å². The molecule has 32 heavy (non-hydrogen) atoms. The fraction of sp³-hybridized carbons (Fsp3) is 0.391. The lowest BCUT2D eigenvalue weighted by molar-refractivity contribution is -0.188. The Morgan fingerprint density at radius 3 is 2.66 bits per heavy atom. The third kappa shape index (κ3) is 4.63. The summed E-state index contributed by atoms with van der Waals surface area (Å²) in [5.41, 5.74) is -0.366. The lowest BCUT2D eigenvalue weighted by Crippen LogP contribution is -2.52. The van der Waals surface area contributed by atoms with Gasteiger partial charge < -0.3 is 24.8 Å². The van der Waals surface area contributed by atoms with Gasteiger partial charge in [0.2, 0.25) is 0 Å². The summed E-state index contributed by atoms with van der Waals surface area (Å²) >= 11 is 6.09. The fourth-order valence-electron chi connectivity index (χ4n) is 4.10. The number of hydrogen-bond donors (Lipinski definition) is 2. The van der Waals surface area contributed by atoms with Crippen LogP contribution >= 0.6 is 11.6 Å². The van der Waals surface area contributed by atoms with Crippen molar-refractivity contribution in [1.29, 1.82) is 0 Å². The van der Waals surface area contributed by atoms with Crippen LogP contribution in [0.25, 0.3) is 0 Å².